The highest BCUT2D eigenvalue weighted by atomic mass is 16.5. The maximum atomic E-state index is 9.41. The van der Waals surface area contributed by atoms with Gasteiger partial charge in [-0.2, -0.15) is 5.26 Å². The quantitative estimate of drug-likeness (QED) is 0.835. The highest BCUT2D eigenvalue weighted by molar-refractivity contribution is 5.47. The standard InChI is InChI=1S/C15H13N3O2/c16-9-12(13-4-5-17-10-18-13)11-2-3-14-15(8-11)20-7-1-6-19-14/h2-5,8,10,12H,1,6-7H2. The van der Waals surface area contributed by atoms with Crippen molar-refractivity contribution in [3.63, 3.8) is 0 Å². The van der Waals surface area contributed by atoms with Crippen LogP contribution >= 0.6 is 0 Å². The first kappa shape index (κ1) is 12.4. The molecule has 1 unspecified atom stereocenters. The van der Waals surface area contributed by atoms with Crippen LogP contribution in [0, 0.1) is 11.3 Å². The Labute approximate surface area is 116 Å². The van der Waals surface area contributed by atoms with Crippen molar-refractivity contribution in [1.82, 2.24) is 9.97 Å². The van der Waals surface area contributed by atoms with Gasteiger partial charge < -0.3 is 9.47 Å². The highest BCUT2D eigenvalue weighted by Crippen LogP contribution is 2.34. The van der Waals surface area contributed by atoms with E-state index < -0.39 is 5.92 Å². The third-order valence-electron chi connectivity index (χ3n) is 3.13. The van der Waals surface area contributed by atoms with Crippen LogP contribution in [0.5, 0.6) is 11.5 Å². The van der Waals surface area contributed by atoms with E-state index in [4.69, 9.17) is 9.47 Å². The molecule has 0 saturated carbocycles. The molecule has 1 atom stereocenters. The molecule has 2 aromatic rings. The van der Waals surface area contributed by atoms with Crippen molar-refractivity contribution in [1.29, 1.82) is 5.26 Å². The van der Waals surface area contributed by atoms with E-state index in [-0.39, 0.29) is 0 Å². The molecule has 1 aliphatic heterocycles. The Balaban J connectivity index is 1.97. The van der Waals surface area contributed by atoms with Crippen LogP contribution in [0.25, 0.3) is 0 Å². The van der Waals surface area contributed by atoms with E-state index >= 15 is 0 Å². The first-order chi connectivity index (χ1) is 9.88. The molecule has 20 heavy (non-hydrogen) atoms. The fourth-order valence-electron chi connectivity index (χ4n) is 2.14. The molecule has 0 N–H and O–H groups in total. The fraction of sp³-hybridized carbons (Fsp3) is 0.267. The van der Waals surface area contributed by atoms with Crippen molar-refractivity contribution in [2.24, 2.45) is 0 Å². The molecule has 5 heteroatoms. The van der Waals surface area contributed by atoms with Crippen LogP contribution in [0.2, 0.25) is 0 Å². The zero-order valence-electron chi connectivity index (χ0n) is 10.8. The van der Waals surface area contributed by atoms with Crippen LogP contribution in [-0.2, 0) is 0 Å². The third kappa shape index (κ3) is 2.41. The Morgan fingerprint density at radius 3 is 2.75 bits per heavy atom. The largest absolute Gasteiger partial charge is 0.490 e. The van der Waals surface area contributed by atoms with Crippen molar-refractivity contribution in [3.05, 3.63) is 48.0 Å². The zero-order chi connectivity index (χ0) is 13.8. The molecule has 1 aliphatic rings. The average Bonchev–Trinajstić information content (AvgIpc) is 2.74. The van der Waals surface area contributed by atoms with Crippen LogP contribution in [0.1, 0.15) is 23.6 Å². The second-order valence-electron chi connectivity index (χ2n) is 4.45. The molecule has 0 saturated heterocycles. The summed E-state index contributed by atoms with van der Waals surface area (Å²) in [5, 5.41) is 9.41. The normalized spacial score (nSPS) is 14.9. The first-order valence-electron chi connectivity index (χ1n) is 6.43. The van der Waals surface area contributed by atoms with Gasteiger partial charge in [0.1, 0.15) is 12.2 Å². The summed E-state index contributed by atoms with van der Waals surface area (Å²) in [7, 11) is 0. The number of ether oxygens (including phenoxy) is 2. The van der Waals surface area contributed by atoms with Gasteiger partial charge >= 0.3 is 0 Å². The summed E-state index contributed by atoms with van der Waals surface area (Å²) in [4.78, 5) is 8.02. The highest BCUT2D eigenvalue weighted by Gasteiger charge is 2.18. The summed E-state index contributed by atoms with van der Waals surface area (Å²) in [5.74, 6) is 0.982. The van der Waals surface area contributed by atoms with E-state index in [2.05, 4.69) is 16.0 Å². The van der Waals surface area contributed by atoms with Crippen LogP contribution < -0.4 is 9.47 Å². The molecular weight excluding hydrogens is 254 g/mol. The molecule has 0 aliphatic carbocycles. The summed E-state index contributed by atoms with van der Waals surface area (Å²) in [6, 6.07) is 9.60. The number of nitrogens with zero attached hydrogens (tertiary/aromatic N) is 3. The Bertz CT molecular complexity index is 637. The van der Waals surface area contributed by atoms with Crippen molar-refractivity contribution in [3.8, 4) is 17.6 Å². The summed E-state index contributed by atoms with van der Waals surface area (Å²) < 4.78 is 11.2. The molecular formula is C15H13N3O2. The minimum absolute atomic E-state index is 0.435. The van der Waals surface area contributed by atoms with E-state index in [1.54, 1.807) is 12.3 Å². The SMILES string of the molecule is N#CC(c1ccc2c(c1)OCCCO2)c1ccncn1. The van der Waals surface area contributed by atoms with Gasteiger partial charge in [0.15, 0.2) is 11.5 Å². The Hall–Kier alpha value is -2.61. The van der Waals surface area contributed by atoms with Crippen molar-refractivity contribution in [2.75, 3.05) is 13.2 Å². The number of aromatic nitrogens is 2. The van der Waals surface area contributed by atoms with Crippen molar-refractivity contribution < 1.29 is 9.47 Å². The molecule has 3 rings (SSSR count). The van der Waals surface area contributed by atoms with E-state index in [0.717, 1.165) is 17.7 Å². The molecule has 5 nitrogen and oxygen atoms in total. The Morgan fingerprint density at radius 2 is 2.00 bits per heavy atom. The van der Waals surface area contributed by atoms with E-state index in [0.29, 0.717) is 24.7 Å². The number of fused-ring (bicyclic) bond motifs is 1. The van der Waals surface area contributed by atoms with Crippen LogP contribution in [0.15, 0.2) is 36.8 Å². The minimum atomic E-state index is -0.435. The molecule has 1 aromatic carbocycles. The molecule has 0 bridgehead atoms. The van der Waals surface area contributed by atoms with Gasteiger partial charge in [0.2, 0.25) is 0 Å². The lowest BCUT2D eigenvalue weighted by Gasteiger charge is -2.12. The number of hydrogen-bond acceptors (Lipinski definition) is 5. The predicted octanol–water partition coefficient (Wildman–Crippen LogP) is 2.29. The van der Waals surface area contributed by atoms with E-state index in [1.165, 1.54) is 6.33 Å². The second kappa shape index (κ2) is 5.57. The minimum Gasteiger partial charge on any atom is -0.490 e. The van der Waals surface area contributed by atoms with E-state index in [9.17, 15) is 5.26 Å². The summed E-state index contributed by atoms with van der Waals surface area (Å²) in [6.07, 6.45) is 3.94. The Morgan fingerprint density at radius 1 is 1.15 bits per heavy atom. The van der Waals surface area contributed by atoms with Gasteiger partial charge in [-0.1, -0.05) is 6.07 Å². The van der Waals surface area contributed by atoms with Gasteiger partial charge in [-0.05, 0) is 23.8 Å². The van der Waals surface area contributed by atoms with Gasteiger partial charge in [-0.15, -0.1) is 0 Å². The molecule has 0 radical (unpaired) electrons. The maximum absolute atomic E-state index is 9.41. The van der Waals surface area contributed by atoms with Crippen LogP contribution in [0.4, 0.5) is 0 Å². The summed E-state index contributed by atoms with van der Waals surface area (Å²) in [6.45, 7) is 1.28. The van der Waals surface area contributed by atoms with Gasteiger partial charge in [0.05, 0.1) is 25.0 Å². The molecule has 0 spiro atoms. The zero-order valence-corrected chi connectivity index (χ0v) is 10.8. The van der Waals surface area contributed by atoms with Gasteiger partial charge in [0.25, 0.3) is 0 Å². The van der Waals surface area contributed by atoms with Gasteiger partial charge in [0, 0.05) is 12.6 Å². The van der Waals surface area contributed by atoms with Crippen molar-refractivity contribution >= 4 is 0 Å². The van der Waals surface area contributed by atoms with E-state index in [1.807, 2.05) is 18.2 Å². The first-order valence-corrected chi connectivity index (χ1v) is 6.43. The lowest BCUT2D eigenvalue weighted by molar-refractivity contribution is 0.297. The Kier molecular flexibility index (Phi) is 3.46. The van der Waals surface area contributed by atoms with Crippen LogP contribution in [-0.4, -0.2) is 23.2 Å². The summed E-state index contributed by atoms with van der Waals surface area (Å²) in [5.41, 5.74) is 1.52. The smallest absolute Gasteiger partial charge is 0.161 e. The number of nitriles is 1. The maximum Gasteiger partial charge on any atom is 0.161 e. The van der Waals surface area contributed by atoms with Crippen LogP contribution in [0.3, 0.4) is 0 Å². The number of rotatable bonds is 2. The number of hydrogen-bond donors (Lipinski definition) is 0. The second-order valence-corrected chi connectivity index (χ2v) is 4.45. The lowest BCUT2D eigenvalue weighted by Crippen LogP contribution is -2.02. The molecule has 2 heterocycles. The van der Waals surface area contributed by atoms with Crippen molar-refractivity contribution in [2.45, 2.75) is 12.3 Å². The predicted molar refractivity (Wildman–Crippen MR) is 71.5 cm³/mol. The third-order valence-corrected chi connectivity index (χ3v) is 3.13. The number of benzene rings is 1. The fourth-order valence-corrected chi connectivity index (χ4v) is 2.14. The molecule has 1 aromatic heterocycles. The average molecular weight is 267 g/mol. The molecule has 0 amide bonds. The molecule has 0 fully saturated rings. The lowest BCUT2D eigenvalue weighted by atomic mass is 9.96. The van der Waals surface area contributed by atoms with Gasteiger partial charge in [-0.25, -0.2) is 9.97 Å². The monoisotopic (exact) mass is 267 g/mol. The molecule has 100 valence electrons. The topological polar surface area (TPSA) is 68.0 Å². The summed E-state index contributed by atoms with van der Waals surface area (Å²) >= 11 is 0. The van der Waals surface area contributed by atoms with Gasteiger partial charge in [-0.3, -0.25) is 0 Å².